The Hall–Kier alpha value is -1.58. The summed E-state index contributed by atoms with van der Waals surface area (Å²) in [6.45, 7) is 1.55. The number of carbonyl (C=O) groups is 2. The van der Waals surface area contributed by atoms with Crippen molar-refractivity contribution in [3.8, 4) is 0 Å². The lowest BCUT2D eigenvalue weighted by molar-refractivity contribution is -0.139. The lowest BCUT2D eigenvalue weighted by atomic mass is 10.1. The van der Waals surface area contributed by atoms with Gasteiger partial charge in [-0.1, -0.05) is 6.07 Å². The average Bonchev–Trinajstić information content (AvgIpc) is 2.43. The molecule has 1 aromatic carbocycles. The molecule has 1 atom stereocenters. The Labute approximate surface area is 132 Å². The molecule has 0 fully saturated rings. The zero-order valence-corrected chi connectivity index (χ0v) is 13.7. The van der Waals surface area contributed by atoms with E-state index in [-0.39, 0.29) is 16.9 Å². The number of rotatable bonds is 8. The first-order valence-electron chi connectivity index (χ1n) is 6.27. The van der Waals surface area contributed by atoms with Gasteiger partial charge in [0.15, 0.2) is 0 Å². The molecular formula is C13H17NO6S2. The number of nitrogens with one attached hydrogen (secondary N) is 1. The summed E-state index contributed by atoms with van der Waals surface area (Å²) in [5.74, 6) is -2.04. The van der Waals surface area contributed by atoms with E-state index in [1.807, 2.05) is 0 Å². The van der Waals surface area contributed by atoms with Crippen molar-refractivity contribution in [3.63, 3.8) is 0 Å². The highest BCUT2D eigenvalue weighted by Crippen LogP contribution is 2.16. The molecule has 0 heterocycles. The summed E-state index contributed by atoms with van der Waals surface area (Å²) in [4.78, 5) is 21.9. The monoisotopic (exact) mass is 347 g/mol. The van der Waals surface area contributed by atoms with Gasteiger partial charge in [-0.05, 0) is 43.0 Å². The quantitative estimate of drug-likeness (QED) is 0.645. The number of thioether (sulfide) groups is 1. The molecule has 0 bridgehead atoms. The Morgan fingerprint density at radius 2 is 1.95 bits per heavy atom. The van der Waals surface area contributed by atoms with Gasteiger partial charge < -0.3 is 10.2 Å². The number of aromatic carboxylic acids is 1. The number of carboxylic acids is 2. The van der Waals surface area contributed by atoms with Crippen LogP contribution in [0.15, 0.2) is 23.1 Å². The zero-order chi connectivity index (χ0) is 16.9. The van der Waals surface area contributed by atoms with Crippen LogP contribution in [0.3, 0.4) is 0 Å². The van der Waals surface area contributed by atoms with Gasteiger partial charge in [0.05, 0.1) is 10.5 Å². The fourth-order valence-electron chi connectivity index (χ4n) is 1.72. The van der Waals surface area contributed by atoms with E-state index in [0.717, 1.165) is 6.07 Å². The molecule has 0 radical (unpaired) electrons. The van der Waals surface area contributed by atoms with Crippen LogP contribution in [0.5, 0.6) is 0 Å². The van der Waals surface area contributed by atoms with E-state index < -0.39 is 28.0 Å². The third-order valence-electron chi connectivity index (χ3n) is 2.96. The molecule has 122 valence electrons. The van der Waals surface area contributed by atoms with Crippen molar-refractivity contribution in [3.05, 3.63) is 29.3 Å². The van der Waals surface area contributed by atoms with Crippen molar-refractivity contribution in [2.24, 2.45) is 0 Å². The van der Waals surface area contributed by atoms with Crippen LogP contribution in [0.25, 0.3) is 0 Å². The molecule has 1 rings (SSSR count). The summed E-state index contributed by atoms with van der Waals surface area (Å²) in [6, 6.07) is 2.38. The summed E-state index contributed by atoms with van der Waals surface area (Å²) >= 11 is 1.40. The molecular weight excluding hydrogens is 330 g/mol. The van der Waals surface area contributed by atoms with E-state index >= 15 is 0 Å². The SMILES string of the molecule is CSCC[C@@H](NS(=O)(=O)c1ccc(C)c(C(=O)O)c1)C(=O)O. The van der Waals surface area contributed by atoms with Gasteiger partial charge >= 0.3 is 11.9 Å². The lowest BCUT2D eigenvalue weighted by Crippen LogP contribution is -2.41. The molecule has 9 heteroatoms. The minimum atomic E-state index is -4.11. The number of aryl methyl sites for hydroxylation is 1. The van der Waals surface area contributed by atoms with E-state index in [4.69, 9.17) is 10.2 Å². The second kappa shape index (κ2) is 7.61. The maximum atomic E-state index is 12.2. The standard InChI is InChI=1S/C13H17NO6S2/c1-8-3-4-9(7-10(8)12(15)16)22(19,20)14-11(13(17)18)5-6-21-2/h3-4,7,11,14H,5-6H2,1-2H3,(H,15,16)(H,17,18)/t11-/m1/s1. The number of benzene rings is 1. The average molecular weight is 347 g/mol. The predicted molar refractivity (Wildman–Crippen MR) is 82.9 cm³/mol. The first-order chi connectivity index (χ1) is 10.2. The highest BCUT2D eigenvalue weighted by molar-refractivity contribution is 7.98. The molecule has 0 aliphatic rings. The van der Waals surface area contributed by atoms with E-state index in [1.165, 1.54) is 23.9 Å². The van der Waals surface area contributed by atoms with Gasteiger partial charge in [-0.3, -0.25) is 4.79 Å². The second-order valence-corrected chi connectivity index (χ2v) is 7.28. The summed E-state index contributed by atoms with van der Waals surface area (Å²) in [5.41, 5.74) is 0.280. The zero-order valence-electron chi connectivity index (χ0n) is 12.1. The van der Waals surface area contributed by atoms with Crippen LogP contribution in [0.1, 0.15) is 22.3 Å². The molecule has 0 aromatic heterocycles. The molecule has 0 saturated carbocycles. The Morgan fingerprint density at radius 1 is 1.32 bits per heavy atom. The van der Waals surface area contributed by atoms with Crippen LogP contribution in [-0.2, 0) is 14.8 Å². The van der Waals surface area contributed by atoms with E-state index in [0.29, 0.717) is 11.3 Å². The maximum absolute atomic E-state index is 12.2. The van der Waals surface area contributed by atoms with Crippen LogP contribution in [0, 0.1) is 6.92 Å². The number of hydrogen-bond acceptors (Lipinski definition) is 5. The first kappa shape index (κ1) is 18.5. The van der Waals surface area contributed by atoms with Crippen molar-refractivity contribution < 1.29 is 28.2 Å². The topological polar surface area (TPSA) is 121 Å². The largest absolute Gasteiger partial charge is 0.480 e. The second-order valence-electron chi connectivity index (χ2n) is 4.58. The molecule has 3 N–H and O–H groups in total. The third kappa shape index (κ3) is 4.72. The summed E-state index contributed by atoms with van der Waals surface area (Å²) < 4.78 is 26.5. The Kier molecular flexibility index (Phi) is 6.39. The van der Waals surface area contributed by atoms with Crippen molar-refractivity contribution >= 4 is 33.7 Å². The van der Waals surface area contributed by atoms with E-state index in [9.17, 15) is 18.0 Å². The minimum Gasteiger partial charge on any atom is -0.480 e. The smallest absolute Gasteiger partial charge is 0.335 e. The number of carboxylic acid groups (broad SMARTS) is 2. The molecule has 0 aliphatic carbocycles. The minimum absolute atomic E-state index is 0.132. The number of hydrogen-bond donors (Lipinski definition) is 3. The Morgan fingerprint density at radius 3 is 2.45 bits per heavy atom. The fraction of sp³-hybridized carbons (Fsp3) is 0.385. The molecule has 1 aromatic rings. The van der Waals surface area contributed by atoms with Crippen molar-refractivity contribution in [2.45, 2.75) is 24.3 Å². The van der Waals surface area contributed by atoms with Crippen molar-refractivity contribution in [1.29, 1.82) is 0 Å². The molecule has 0 aliphatic heterocycles. The van der Waals surface area contributed by atoms with Crippen LogP contribution in [0.2, 0.25) is 0 Å². The highest BCUT2D eigenvalue weighted by Gasteiger charge is 2.26. The van der Waals surface area contributed by atoms with Crippen LogP contribution in [0.4, 0.5) is 0 Å². The molecule has 0 saturated heterocycles. The van der Waals surface area contributed by atoms with Crippen molar-refractivity contribution in [1.82, 2.24) is 4.72 Å². The van der Waals surface area contributed by atoms with Gasteiger partial charge in [0.25, 0.3) is 0 Å². The number of aliphatic carboxylic acids is 1. The molecule has 0 unspecified atom stereocenters. The molecule has 0 amide bonds. The van der Waals surface area contributed by atoms with Gasteiger partial charge in [0.2, 0.25) is 10.0 Å². The maximum Gasteiger partial charge on any atom is 0.335 e. The summed E-state index contributed by atoms with van der Waals surface area (Å²) in [6.07, 6.45) is 1.92. The Balaban J connectivity index is 3.10. The fourth-order valence-corrected chi connectivity index (χ4v) is 3.44. The van der Waals surface area contributed by atoms with Gasteiger partial charge in [0, 0.05) is 0 Å². The van der Waals surface area contributed by atoms with Gasteiger partial charge in [0.1, 0.15) is 6.04 Å². The van der Waals surface area contributed by atoms with Gasteiger partial charge in [-0.15, -0.1) is 0 Å². The number of sulfonamides is 1. The van der Waals surface area contributed by atoms with Crippen LogP contribution >= 0.6 is 11.8 Å². The third-order valence-corrected chi connectivity index (χ3v) is 5.07. The molecule has 22 heavy (non-hydrogen) atoms. The summed E-state index contributed by atoms with van der Waals surface area (Å²) in [7, 11) is -4.11. The predicted octanol–water partition coefficient (Wildman–Crippen LogP) is 1.18. The van der Waals surface area contributed by atoms with Crippen molar-refractivity contribution in [2.75, 3.05) is 12.0 Å². The lowest BCUT2D eigenvalue weighted by Gasteiger charge is -2.15. The molecule has 7 nitrogen and oxygen atoms in total. The van der Waals surface area contributed by atoms with E-state index in [2.05, 4.69) is 4.72 Å². The van der Waals surface area contributed by atoms with Gasteiger partial charge in [-0.2, -0.15) is 16.5 Å². The van der Waals surface area contributed by atoms with Gasteiger partial charge in [-0.25, -0.2) is 13.2 Å². The summed E-state index contributed by atoms with van der Waals surface area (Å²) in [5, 5.41) is 18.1. The normalized spacial score (nSPS) is 12.8. The highest BCUT2D eigenvalue weighted by atomic mass is 32.2. The molecule has 0 spiro atoms. The Bertz CT molecular complexity index is 671. The van der Waals surface area contributed by atoms with Crippen LogP contribution in [-0.4, -0.2) is 48.6 Å². The first-order valence-corrected chi connectivity index (χ1v) is 9.14. The van der Waals surface area contributed by atoms with E-state index in [1.54, 1.807) is 13.2 Å². The van der Waals surface area contributed by atoms with Crippen LogP contribution < -0.4 is 4.72 Å².